The van der Waals surface area contributed by atoms with Crippen LogP contribution in [0, 0.1) is 5.92 Å². The fourth-order valence-electron chi connectivity index (χ4n) is 4.50. The van der Waals surface area contributed by atoms with Crippen molar-refractivity contribution in [3.8, 4) is 0 Å². The van der Waals surface area contributed by atoms with E-state index in [2.05, 4.69) is 10.4 Å². The molecule has 1 aliphatic carbocycles. The van der Waals surface area contributed by atoms with Crippen LogP contribution in [0.1, 0.15) is 53.6 Å². The van der Waals surface area contributed by atoms with Gasteiger partial charge < -0.3 is 10.2 Å². The minimum Gasteiger partial charge on any atom is -0.322 e. The quantitative estimate of drug-likeness (QED) is 0.796. The lowest BCUT2D eigenvalue weighted by molar-refractivity contribution is -0.138. The Balaban J connectivity index is 1.63. The van der Waals surface area contributed by atoms with Gasteiger partial charge in [0.1, 0.15) is 6.04 Å². The van der Waals surface area contributed by atoms with Gasteiger partial charge in [0.05, 0.1) is 5.56 Å². The lowest BCUT2D eigenvalue weighted by Gasteiger charge is -2.29. The van der Waals surface area contributed by atoms with E-state index in [9.17, 15) is 22.8 Å². The van der Waals surface area contributed by atoms with Crippen LogP contribution >= 0.6 is 0 Å². The average Bonchev–Trinajstić information content (AvgIpc) is 3.40. The minimum atomic E-state index is -4.56. The summed E-state index contributed by atoms with van der Waals surface area (Å²) in [5.41, 5.74) is -0.857. The number of fused-ring (bicyclic) bond motifs is 1. The normalized spacial score (nSPS) is 18.0. The number of rotatable bonds is 5. The molecule has 9 heteroatoms. The molecular weight excluding hydrogens is 397 g/mol. The Morgan fingerprint density at radius 3 is 2.63 bits per heavy atom. The van der Waals surface area contributed by atoms with Crippen molar-refractivity contribution >= 4 is 17.6 Å². The van der Waals surface area contributed by atoms with E-state index in [1.165, 1.54) is 21.7 Å². The summed E-state index contributed by atoms with van der Waals surface area (Å²) in [6.07, 6.45) is 1.58. The van der Waals surface area contributed by atoms with Gasteiger partial charge in [-0.2, -0.15) is 18.3 Å². The number of alkyl halides is 3. The molecule has 6 nitrogen and oxygen atoms in total. The Labute approximate surface area is 172 Å². The predicted molar refractivity (Wildman–Crippen MR) is 104 cm³/mol. The van der Waals surface area contributed by atoms with E-state index < -0.39 is 29.6 Å². The van der Waals surface area contributed by atoms with Gasteiger partial charge in [-0.3, -0.25) is 14.3 Å². The molecule has 1 aromatic carbocycles. The lowest BCUT2D eigenvalue weighted by atomic mass is 9.96. The van der Waals surface area contributed by atoms with E-state index in [1.54, 1.807) is 19.3 Å². The van der Waals surface area contributed by atoms with Crippen molar-refractivity contribution in [2.75, 3.05) is 5.32 Å². The third kappa shape index (κ3) is 3.93. The molecule has 30 heavy (non-hydrogen) atoms. The Morgan fingerprint density at radius 1 is 1.27 bits per heavy atom. The van der Waals surface area contributed by atoms with Crippen LogP contribution in [-0.2, 0) is 24.6 Å². The number of carbonyl (C=O) groups is 2. The Kier molecular flexibility index (Phi) is 5.29. The standard InChI is InChI=1S/C21H23F3N4O2/c1-27-10-9-18(26-27)25-19(29)17(11-13-5-2-3-6-13)28-12-15-14(20(28)30)7-4-8-16(15)21(22,23)24/h4,7-10,13,17H,2-3,5-6,11-12H2,1H3,(H,25,26,29)/t17-/m0/s1. The molecule has 1 aliphatic heterocycles. The topological polar surface area (TPSA) is 67.2 Å². The van der Waals surface area contributed by atoms with E-state index >= 15 is 0 Å². The van der Waals surface area contributed by atoms with Gasteiger partial charge in [0.25, 0.3) is 5.91 Å². The summed E-state index contributed by atoms with van der Waals surface area (Å²) in [6, 6.07) is 4.40. The second-order valence-corrected chi connectivity index (χ2v) is 8.03. The molecule has 1 atom stereocenters. The molecule has 160 valence electrons. The van der Waals surface area contributed by atoms with Crippen molar-refractivity contribution in [1.29, 1.82) is 0 Å². The van der Waals surface area contributed by atoms with Gasteiger partial charge in [-0.15, -0.1) is 0 Å². The molecule has 1 N–H and O–H groups in total. The molecule has 2 heterocycles. The van der Waals surface area contributed by atoms with Gasteiger partial charge in [0.15, 0.2) is 5.82 Å². The van der Waals surface area contributed by atoms with Gasteiger partial charge >= 0.3 is 6.18 Å². The third-order valence-electron chi connectivity index (χ3n) is 5.98. The molecule has 0 unspecified atom stereocenters. The molecule has 1 saturated carbocycles. The van der Waals surface area contributed by atoms with Crippen LogP contribution in [0.4, 0.5) is 19.0 Å². The molecular formula is C21H23F3N4O2. The first-order chi connectivity index (χ1) is 14.2. The lowest BCUT2D eigenvalue weighted by Crippen LogP contribution is -2.45. The summed E-state index contributed by atoms with van der Waals surface area (Å²) >= 11 is 0. The maximum absolute atomic E-state index is 13.5. The third-order valence-corrected chi connectivity index (χ3v) is 5.98. The molecule has 0 radical (unpaired) electrons. The van der Waals surface area contributed by atoms with E-state index in [0.717, 1.165) is 31.7 Å². The van der Waals surface area contributed by atoms with Crippen molar-refractivity contribution in [1.82, 2.24) is 14.7 Å². The van der Waals surface area contributed by atoms with Crippen molar-refractivity contribution in [3.63, 3.8) is 0 Å². The van der Waals surface area contributed by atoms with Crippen LogP contribution in [0.5, 0.6) is 0 Å². The van der Waals surface area contributed by atoms with Crippen LogP contribution in [0.3, 0.4) is 0 Å². The van der Waals surface area contributed by atoms with Gasteiger partial charge in [0, 0.05) is 31.4 Å². The van der Waals surface area contributed by atoms with Crippen molar-refractivity contribution in [2.24, 2.45) is 13.0 Å². The summed E-state index contributed by atoms with van der Waals surface area (Å²) in [4.78, 5) is 27.4. The zero-order chi connectivity index (χ0) is 21.5. The molecule has 0 saturated heterocycles. The van der Waals surface area contributed by atoms with Crippen LogP contribution < -0.4 is 5.32 Å². The number of carbonyl (C=O) groups excluding carboxylic acids is 2. The van der Waals surface area contributed by atoms with Crippen molar-refractivity contribution in [3.05, 3.63) is 47.2 Å². The monoisotopic (exact) mass is 420 g/mol. The summed E-state index contributed by atoms with van der Waals surface area (Å²) < 4.78 is 41.9. The number of halogens is 3. The minimum absolute atomic E-state index is 0.0203. The number of hydrogen-bond acceptors (Lipinski definition) is 3. The Morgan fingerprint density at radius 2 is 2.00 bits per heavy atom. The van der Waals surface area contributed by atoms with Crippen LogP contribution in [0.15, 0.2) is 30.5 Å². The zero-order valence-electron chi connectivity index (χ0n) is 16.6. The summed E-state index contributed by atoms with van der Waals surface area (Å²) in [6.45, 7) is -0.225. The Hall–Kier alpha value is -2.84. The average molecular weight is 420 g/mol. The number of nitrogens with one attached hydrogen (secondary N) is 1. The number of anilines is 1. The molecule has 4 rings (SSSR count). The largest absolute Gasteiger partial charge is 0.416 e. The summed E-state index contributed by atoms with van der Waals surface area (Å²) in [7, 11) is 1.71. The van der Waals surface area contributed by atoms with Crippen LogP contribution in [0.25, 0.3) is 0 Å². The molecule has 2 aromatic rings. The number of aromatic nitrogens is 2. The highest BCUT2D eigenvalue weighted by Crippen LogP contribution is 2.39. The molecule has 2 aliphatic rings. The van der Waals surface area contributed by atoms with Crippen LogP contribution in [-0.4, -0.2) is 32.5 Å². The number of nitrogens with zero attached hydrogens (tertiary/aromatic N) is 3. The highest BCUT2D eigenvalue weighted by molar-refractivity contribution is 6.03. The SMILES string of the molecule is Cn1ccc(NC(=O)[C@H](CC2CCCC2)N2Cc3c(cccc3C(F)(F)F)C2=O)n1. The number of amides is 2. The summed E-state index contributed by atoms with van der Waals surface area (Å²) in [5.74, 6) is -0.340. The second kappa shape index (κ2) is 7.77. The van der Waals surface area contributed by atoms with E-state index in [4.69, 9.17) is 0 Å². The fraction of sp³-hybridized carbons (Fsp3) is 0.476. The van der Waals surface area contributed by atoms with E-state index in [-0.39, 0.29) is 23.6 Å². The van der Waals surface area contributed by atoms with Gasteiger partial charge in [-0.05, 0) is 30.0 Å². The molecule has 1 fully saturated rings. The van der Waals surface area contributed by atoms with Crippen LogP contribution in [0.2, 0.25) is 0 Å². The maximum Gasteiger partial charge on any atom is 0.416 e. The summed E-state index contributed by atoms with van der Waals surface area (Å²) in [5, 5.41) is 6.85. The van der Waals surface area contributed by atoms with Crippen molar-refractivity contribution < 1.29 is 22.8 Å². The first-order valence-electron chi connectivity index (χ1n) is 10.0. The molecule has 2 amide bonds. The van der Waals surface area contributed by atoms with Gasteiger partial charge in [0.2, 0.25) is 5.91 Å². The second-order valence-electron chi connectivity index (χ2n) is 8.03. The predicted octanol–water partition coefficient (Wildman–Crippen LogP) is 3.98. The smallest absolute Gasteiger partial charge is 0.322 e. The highest BCUT2D eigenvalue weighted by atomic mass is 19.4. The van der Waals surface area contributed by atoms with E-state index in [0.29, 0.717) is 12.2 Å². The van der Waals surface area contributed by atoms with Gasteiger partial charge in [-0.1, -0.05) is 31.7 Å². The van der Waals surface area contributed by atoms with Crippen molar-refractivity contribution in [2.45, 2.75) is 50.9 Å². The van der Waals surface area contributed by atoms with E-state index in [1.807, 2.05) is 0 Å². The fourth-order valence-corrected chi connectivity index (χ4v) is 4.50. The Bertz CT molecular complexity index is 963. The number of aryl methyl sites for hydroxylation is 1. The zero-order valence-corrected chi connectivity index (χ0v) is 16.6. The molecule has 0 spiro atoms. The number of hydrogen-bond donors (Lipinski definition) is 1. The van der Waals surface area contributed by atoms with Gasteiger partial charge in [-0.25, -0.2) is 0 Å². The highest BCUT2D eigenvalue weighted by Gasteiger charge is 2.43. The first kappa shape index (κ1) is 20.4. The maximum atomic E-state index is 13.5. The number of benzene rings is 1. The molecule has 1 aromatic heterocycles. The molecule has 0 bridgehead atoms. The first-order valence-corrected chi connectivity index (χ1v) is 10.0.